The van der Waals surface area contributed by atoms with Crippen LogP contribution in [0.5, 0.6) is 0 Å². The number of amides is 1. The predicted octanol–water partition coefficient (Wildman–Crippen LogP) is 6.20. The van der Waals surface area contributed by atoms with Gasteiger partial charge in [0.15, 0.2) is 5.78 Å². The first-order chi connectivity index (χ1) is 16.6. The van der Waals surface area contributed by atoms with Gasteiger partial charge < -0.3 is 0 Å². The van der Waals surface area contributed by atoms with Crippen molar-refractivity contribution in [3.63, 3.8) is 0 Å². The van der Waals surface area contributed by atoms with Crippen LogP contribution in [0.4, 0.5) is 5.69 Å². The number of hydrazone groups is 1. The summed E-state index contributed by atoms with van der Waals surface area (Å²) in [5, 5.41) is 5.87. The number of ketones is 1. The third-order valence-electron chi connectivity index (χ3n) is 7.15. The van der Waals surface area contributed by atoms with Crippen molar-refractivity contribution >= 4 is 23.1 Å². The van der Waals surface area contributed by atoms with E-state index in [9.17, 15) is 9.59 Å². The minimum atomic E-state index is -0.862. The largest absolute Gasteiger partial charge is 0.298 e. The summed E-state index contributed by atoms with van der Waals surface area (Å²) in [5.41, 5.74) is 7.28. The molecular formula is C30H33N3O2. The second-order valence-corrected chi connectivity index (χ2v) is 10.1. The molecule has 180 valence electrons. The van der Waals surface area contributed by atoms with Crippen LogP contribution in [0.15, 0.2) is 65.9 Å². The van der Waals surface area contributed by atoms with E-state index in [1.54, 1.807) is 13.1 Å². The average molecular weight is 468 g/mol. The number of anilines is 1. The van der Waals surface area contributed by atoms with Crippen molar-refractivity contribution in [1.82, 2.24) is 4.98 Å². The number of Topliss-reactive ketones (excluding diaryl/α,β-unsaturated/α-hetero) is 1. The first kappa shape index (κ1) is 24.5. The standard InChI is InChI=1S/C30H33N3O2/c1-7-30(5,6)23-12-8-11-22(16-23)17-26(34)27-21(4)32-33(29(27)35)24-14-13-19(2)25(18-24)28-20(3)10-9-15-31-28/h8-16,18,27H,7,17H2,1-6H3. The van der Waals surface area contributed by atoms with E-state index in [1.807, 2.05) is 56.3 Å². The third kappa shape index (κ3) is 4.81. The molecule has 2 aromatic carbocycles. The summed E-state index contributed by atoms with van der Waals surface area (Å²) in [6, 6.07) is 17.8. The number of hydrogen-bond acceptors (Lipinski definition) is 4. The summed E-state index contributed by atoms with van der Waals surface area (Å²) in [4.78, 5) is 31.2. The number of carbonyl (C=O) groups excluding carboxylic acids is 2. The smallest absolute Gasteiger partial charge is 0.263 e. The highest BCUT2D eigenvalue weighted by molar-refractivity contribution is 6.27. The Balaban J connectivity index is 1.58. The van der Waals surface area contributed by atoms with Gasteiger partial charge in [0.2, 0.25) is 0 Å². The molecule has 5 nitrogen and oxygen atoms in total. The van der Waals surface area contributed by atoms with E-state index in [0.717, 1.165) is 34.4 Å². The van der Waals surface area contributed by atoms with Crippen molar-refractivity contribution in [3.8, 4) is 11.3 Å². The minimum absolute atomic E-state index is 0.0333. The summed E-state index contributed by atoms with van der Waals surface area (Å²) in [6.07, 6.45) is 2.98. The van der Waals surface area contributed by atoms with Crippen molar-refractivity contribution in [2.24, 2.45) is 11.0 Å². The molecule has 1 atom stereocenters. The zero-order chi connectivity index (χ0) is 25.3. The van der Waals surface area contributed by atoms with Crippen molar-refractivity contribution in [2.75, 3.05) is 5.01 Å². The number of rotatable bonds is 7. The van der Waals surface area contributed by atoms with Gasteiger partial charge in [-0.25, -0.2) is 0 Å². The zero-order valence-corrected chi connectivity index (χ0v) is 21.4. The maximum absolute atomic E-state index is 13.4. The third-order valence-corrected chi connectivity index (χ3v) is 7.15. The van der Waals surface area contributed by atoms with Gasteiger partial charge in [-0.2, -0.15) is 10.1 Å². The van der Waals surface area contributed by atoms with Gasteiger partial charge in [0.25, 0.3) is 5.91 Å². The van der Waals surface area contributed by atoms with Crippen molar-refractivity contribution in [3.05, 3.63) is 83.0 Å². The summed E-state index contributed by atoms with van der Waals surface area (Å²) < 4.78 is 0. The lowest BCUT2D eigenvalue weighted by molar-refractivity contribution is -0.128. The van der Waals surface area contributed by atoms with E-state index >= 15 is 0 Å². The quantitative estimate of drug-likeness (QED) is 0.389. The Morgan fingerprint density at radius 2 is 1.77 bits per heavy atom. The lowest BCUT2D eigenvalue weighted by atomic mass is 9.81. The number of benzene rings is 2. The fraction of sp³-hybridized carbons (Fsp3) is 0.333. The van der Waals surface area contributed by atoms with Gasteiger partial charge in [-0.05, 0) is 73.1 Å². The molecule has 1 aromatic heterocycles. The minimum Gasteiger partial charge on any atom is -0.298 e. The molecule has 0 radical (unpaired) electrons. The molecule has 0 saturated heterocycles. The van der Waals surface area contributed by atoms with Crippen LogP contribution in [0, 0.1) is 19.8 Å². The molecule has 1 amide bonds. The number of carbonyl (C=O) groups is 2. The van der Waals surface area contributed by atoms with Crippen molar-refractivity contribution in [1.29, 1.82) is 0 Å². The molecule has 1 aliphatic heterocycles. The van der Waals surface area contributed by atoms with Crippen LogP contribution in [0.3, 0.4) is 0 Å². The number of nitrogens with zero attached hydrogens (tertiary/aromatic N) is 3. The first-order valence-electron chi connectivity index (χ1n) is 12.2. The van der Waals surface area contributed by atoms with Gasteiger partial charge in [-0.1, -0.05) is 57.2 Å². The van der Waals surface area contributed by atoms with Gasteiger partial charge in [-0.3, -0.25) is 14.6 Å². The van der Waals surface area contributed by atoms with Crippen LogP contribution < -0.4 is 5.01 Å². The summed E-state index contributed by atoms with van der Waals surface area (Å²) in [5.74, 6) is -1.29. The number of aryl methyl sites for hydroxylation is 2. The maximum atomic E-state index is 13.4. The predicted molar refractivity (Wildman–Crippen MR) is 142 cm³/mol. The Hall–Kier alpha value is -3.60. The van der Waals surface area contributed by atoms with Gasteiger partial charge in [0.1, 0.15) is 5.92 Å². The molecule has 1 aliphatic rings. The highest BCUT2D eigenvalue weighted by Crippen LogP contribution is 2.32. The zero-order valence-electron chi connectivity index (χ0n) is 21.4. The fourth-order valence-electron chi connectivity index (χ4n) is 4.50. The SMILES string of the molecule is CCC(C)(C)c1cccc(CC(=O)C2C(=O)N(c3ccc(C)c(-c4ncccc4C)c3)N=C2C)c1. The second-order valence-electron chi connectivity index (χ2n) is 10.1. The van der Waals surface area contributed by atoms with Gasteiger partial charge in [0.05, 0.1) is 17.1 Å². The van der Waals surface area contributed by atoms with E-state index in [4.69, 9.17) is 0 Å². The molecule has 0 spiro atoms. The average Bonchev–Trinajstić information content (AvgIpc) is 3.14. The van der Waals surface area contributed by atoms with Crippen LogP contribution in [0.1, 0.15) is 56.4 Å². The fourth-order valence-corrected chi connectivity index (χ4v) is 4.50. The van der Waals surface area contributed by atoms with E-state index < -0.39 is 5.92 Å². The van der Waals surface area contributed by atoms with Crippen molar-refractivity contribution in [2.45, 2.75) is 59.8 Å². The highest BCUT2D eigenvalue weighted by atomic mass is 16.2. The second kappa shape index (κ2) is 9.57. The topological polar surface area (TPSA) is 62.6 Å². The van der Waals surface area contributed by atoms with Gasteiger partial charge in [-0.15, -0.1) is 0 Å². The molecule has 5 heteroatoms. The molecule has 2 heterocycles. The Labute approximate surface area is 207 Å². The number of hydrogen-bond donors (Lipinski definition) is 0. The number of aromatic nitrogens is 1. The Morgan fingerprint density at radius 3 is 2.49 bits per heavy atom. The molecular weight excluding hydrogens is 434 g/mol. The van der Waals surface area contributed by atoms with Crippen LogP contribution in [-0.4, -0.2) is 22.4 Å². The Bertz CT molecular complexity index is 1320. The summed E-state index contributed by atoms with van der Waals surface area (Å²) in [6.45, 7) is 12.4. The van der Waals surface area contributed by atoms with Gasteiger partial charge >= 0.3 is 0 Å². The van der Waals surface area contributed by atoms with E-state index in [2.05, 4.69) is 43.0 Å². The molecule has 0 aliphatic carbocycles. The van der Waals surface area contributed by atoms with E-state index in [1.165, 1.54) is 10.6 Å². The highest BCUT2D eigenvalue weighted by Gasteiger charge is 2.39. The van der Waals surface area contributed by atoms with E-state index in [-0.39, 0.29) is 23.5 Å². The lowest BCUT2D eigenvalue weighted by Crippen LogP contribution is -2.33. The Morgan fingerprint density at radius 1 is 1.00 bits per heavy atom. The molecule has 1 unspecified atom stereocenters. The summed E-state index contributed by atoms with van der Waals surface area (Å²) in [7, 11) is 0. The normalized spacial score (nSPS) is 15.9. The molecule has 4 rings (SSSR count). The molecule has 3 aromatic rings. The van der Waals surface area contributed by atoms with Crippen LogP contribution in [-0.2, 0) is 21.4 Å². The lowest BCUT2D eigenvalue weighted by Gasteiger charge is -2.24. The van der Waals surface area contributed by atoms with Crippen LogP contribution >= 0.6 is 0 Å². The maximum Gasteiger partial charge on any atom is 0.263 e. The first-order valence-corrected chi connectivity index (χ1v) is 12.2. The molecule has 0 fully saturated rings. The van der Waals surface area contributed by atoms with Crippen LogP contribution in [0.25, 0.3) is 11.3 Å². The Kier molecular flexibility index (Phi) is 6.70. The van der Waals surface area contributed by atoms with Crippen molar-refractivity contribution < 1.29 is 9.59 Å². The molecule has 0 bridgehead atoms. The van der Waals surface area contributed by atoms with Crippen LogP contribution in [0.2, 0.25) is 0 Å². The molecule has 0 saturated carbocycles. The monoisotopic (exact) mass is 467 g/mol. The molecule has 35 heavy (non-hydrogen) atoms. The van der Waals surface area contributed by atoms with Gasteiger partial charge in [0, 0.05) is 18.2 Å². The molecule has 0 N–H and O–H groups in total. The number of pyridine rings is 1. The van der Waals surface area contributed by atoms with E-state index in [0.29, 0.717) is 11.4 Å². The summed E-state index contributed by atoms with van der Waals surface area (Å²) >= 11 is 0.